The summed E-state index contributed by atoms with van der Waals surface area (Å²) in [7, 11) is -1.06. The highest BCUT2D eigenvalue weighted by Gasteiger charge is 2.40. The van der Waals surface area contributed by atoms with E-state index in [-0.39, 0.29) is 16.7 Å². The van der Waals surface area contributed by atoms with Crippen LogP contribution in [0.1, 0.15) is 59.3 Å². The van der Waals surface area contributed by atoms with Crippen LogP contribution < -0.4 is 5.32 Å². The molecule has 1 fully saturated rings. The molecule has 1 rings (SSSR count). The van der Waals surface area contributed by atoms with Crippen molar-refractivity contribution in [2.45, 2.75) is 70.6 Å². The SMILES string of the molecule is CCCCCS(=O)(=O)C1CC(C)(C)CCC1NC. The van der Waals surface area contributed by atoms with E-state index in [2.05, 4.69) is 26.1 Å². The standard InChI is InChI=1S/C14H29NO2S/c1-5-6-7-10-18(16,17)13-11-14(2,3)9-8-12(13)15-4/h12-13,15H,5-11H2,1-4H3. The Hall–Kier alpha value is -0.0900. The van der Waals surface area contributed by atoms with Crippen molar-refractivity contribution in [1.29, 1.82) is 0 Å². The highest BCUT2D eigenvalue weighted by molar-refractivity contribution is 7.92. The van der Waals surface area contributed by atoms with Crippen molar-refractivity contribution in [3.8, 4) is 0 Å². The molecule has 0 aromatic rings. The first-order valence-electron chi connectivity index (χ1n) is 7.21. The van der Waals surface area contributed by atoms with Gasteiger partial charge in [0.25, 0.3) is 0 Å². The Bertz CT molecular complexity index is 349. The summed E-state index contributed by atoms with van der Waals surface area (Å²) in [6, 6.07) is 0.143. The van der Waals surface area contributed by atoms with Crippen LogP contribution in [0.25, 0.3) is 0 Å². The van der Waals surface area contributed by atoms with Crippen LogP contribution in [-0.4, -0.2) is 32.5 Å². The molecule has 1 saturated carbocycles. The van der Waals surface area contributed by atoms with Crippen molar-refractivity contribution in [3.63, 3.8) is 0 Å². The molecule has 0 heterocycles. The van der Waals surface area contributed by atoms with Gasteiger partial charge in [-0.1, -0.05) is 33.6 Å². The summed E-state index contributed by atoms with van der Waals surface area (Å²) >= 11 is 0. The zero-order chi connectivity index (χ0) is 13.8. The predicted octanol–water partition coefficient (Wildman–Crippen LogP) is 2.76. The molecule has 1 N–H and O–H groups in total. The molecule has 0 amide bonds. The molecular formula is C14H29NO2S. The third-order valence-electron chi connectivity index (χ3n) is 4.20. The van der Waals surface area contributed by atoms with Crippen molar-refractivity contribution in [2.75, 3.05) is 12.8 Å². The molecule has 4 heteroatoms. The molecule has 0 bridgehead atoms. The van der Waals surface area contributed by atoms with Crippen LogP contribution in [0, 0.1) is 5.41 Å². The fraction of sp³-hybridized carbons (Fsp3) is 1.00. The average Bonchev–Trinajstić information content (AvgIpc) is 2.28. The van der Waals surface area contributed by atoms with Gasteiger partial charge < -0.3 is 5.32 Å². The van der Waals surface area contributed by atoms with Gasteiger partial charge in [-0.15, -0.1) is 0 Å². The number of hydrogen-bond acceptors (Lipinski definition) is 3. The Morgan fingerprint density at radius 3 is 2.50 bits per heavy atom. The van der Waals surface area contributed by atoms with Gasteiger partial charge in [0, 0.05) is 6.04 Å². The molecule has 3 nitrogen and oxygen atoms in total. The van der Waals surface area contributed by atoms with Crippen LogP contribution >= 0.6 is 0 Å². The Morgan fingerprint density at radius 1 is 1.28 bits per heavy atom. The fourth-order valence-corrected chi connectivity index (χ4v) is 5.32. The lowest BCUT2D eigenvalue weighted by Gasteiger charge is -2.40. The Morgan fingerprint density at radius 2 is 1.94 bits per heavy atom. The molecule has 18 heavy (non-hydrogen) atoms. The van der Waals surface area contributed by atoms with Crippen molar-refractivity contribution < 1.29 is 8.42 Å². The highest BCUT2D eigenvalue weighted by atomic mass is 32.2. The molecule has 1 aliphatic carbocycles. The summed E-state index contributed by atoms with van der Waals surface area (Å²) in [5.41, 5.74) is 0.163. The fourth-order valence-electron chi connectivity index (χ4n) is 2.93. The van der Waals surface area contributed by atoms with E-state index in [0.717, 1.165) is 38.5 Å². The van der Waals surface area contributed by atoms with Crippen LogP contribution in [0.5, 0.6) is 0 Å². The van der Waals surface area contributed by atoms with Gasteiger partial charge in [-0.2, -0.15) is 0 Å². The third kappa shape index (κ3) is 4.23. The maximum atomic E-state index is 12.5. The molecule has 1 aliphatic rings. The largest absolute Gasteiger partial charge is 0.316 e. The minimum atomic E-state index is -2.95. The number of nitrogens with one attached hydrogen (secondary N) is 1. The zero-order valence-corrected chi connectivity index (χ0v) is 13.1. The lowest BCUT2D eigenvalue weighted by atomic mass is 9.75. The monoisotopic (exact) mass is 275 g/mol. The molecule has 0 saturated heterocycles. The number of sulfone groups is 1. The second-order valence-corrected chi connectivity index (χ2v) is 8.75. The molecular weight excluding hydrogens is 246 g/mol. The van der Waals surface area contributed by atoms with Crippen LogP contribution in [0.15, 0.2) is 0 Å². The maximum absolute atomic E-state index is 12.5. The molecule has 0 aliphatic heterocycles. The number of unbranched alkanes of at least 4 members (excludes halogenated alkanes) is 2. The molecule has 0 aromatic heterocycles. The number of hydrogen-bond donors (Lipinski definition) is 1. The van der Waals surface area contributed by atoms with E-state index in [1.807, 2.05) is 7.05 Å². The minimum absolute atomic E-state index is 0.143. The van der Waals surface area contributed by atoms with Crippen LogP contribution in [0.3, 0.4) is 0 Å². The van der Waals surface area contributed by atoms with Crippen LogP contribution in [-0.2, 0) is 9.84 Å². The number of rotatable bonds is 6. The molecule has 0 aromatic carbocycles. The van der Waals surface area contributed by atoms with E-state index in [1.54, 1.807) is 0 Å². The quantitative estimate of drug-likeness (QED) is 0.758. The topological polar surface area (TPSA) is 46.2 Å². The van der Waals surface area contributed by atoms with E-state index < -0.39 is 9.84 Å². The lowest BCUT2D eigenvalue weighted by molar-refractivity contribution is 0.213. The summed E-state index contributed by atoms with van der Waals surface area (Å²) in [5, 5.41) is 3.02. The van der Waals surface area contributed by atoms with Crippen LogP contribution in [0.4, 0.5) is 0 Å². The van der Waals surface area contributed by atoms with Gasteiger partial charge in [0.1, 0.15) is 0 Å². The summed E-state index contributed by atoms with van der Waals surface area (Å²) in [6.45, 7) is 6.48. The Kier molecular flexibility index (Phi) is 5.66. The van der Waals surface area contributed by atoms with Gasteiger partial charge >= 0.3 is 0 Å². The zero-order valence-electron chi connectivity index (χ0n) is 12.3. The Balaban J connectivity index is 2.75. The molecule has 2 atom stereocenters. The van der Waals surface area contributed by atoms with Gasteiger partial charge in [0.15, 0.2) is 9.84 Å². The summed E-state index contributed by atoms with van der Waals surface area (Å²) in [5.74, 6) is 0.361. The molecule has 2 unspecified atom stereocenters. The first-order chi connectivity index (χ1) is 8.32. The van der Waals surface area contributed by atoms with E-state index >= 15 is 0 Å². The van der Waals surface area contributed by atoms with Gasteiger partial charge in [0.05, 0.1) is 11.0 Å². The maximum Gasteiger partial charge on any atom is 0.154 e. The van der Waals surface area contributed by atoms with Crippen molar-refractivity contribution in [3.05, 3.63) is 0 Å². The van der Waals surface area contributed by atoms with Crippen LogP contribution in [0.2, 0.25) is 0 Å². The smallest absolute Gasteiger partial charge is 0.154 e. The van der Waals surface area contributed by atoms with Gasteiger partial charge in [-0.05, 0) is 38.1 Å². The van der Waals surface area contributed by atoms with Gasteiger partial charge in [-0.3, -0.25) is 0 Å². The molecule has 108 valence electrons. The second kappa shape index (κ2) is 6.38. The summed E-state index contributed by atoms with van der Waals surface area (Å²) in [6.07, 6.45) is 5.78. The van der Waals surface area contributed by atoms with Crippen molar-refractivity contribution in [2.24, 2.45) is 5.41 Å². The van der Waals surface area contributed by atoms with E-state index in [1.165, 1.54) is 0 Å². The minimum Gasteiger partial charge on any atom is -0.316 e. The normalized spacial score (nSPS) is 28.2. The summed E-state index contributed by atoms with van der Waals surface area (Å²) < 4.78 is 25.0. The van der Waals surface area contributed by atoms with Gasteiger partial charge in [-0.25, -0.2) is 8.42 Å². The van der Waals surface area contributed by atoms with E-state index in [9.17, 15) is 8.42 Å². The van der Waals surface area contributed by atoms with E-state index in [4.69, 9.17) is 0 Å². The van der Waals surface area contributed by atoms with E-state index in [0.29, 0.717) is 5.75 Å². The predicted molar refractivity (Wildman–Crippen MR) is 77.6 cm³/mol. The average molecular weight is 275 g/mol. The highest BCUT2D eigenvalue weighted by Crippen LogP contribution is 2.38. The molecule has 0 spiro atoms. The first-order valence-corrected chi connectivity index (χ1v) is 8.93. The van der Waals surface area contributed by atoms with Crippen molar-refractivity contribution >= 4 is 9.84 Å². The first kappa shape index (κ1) is 16.0. The molecule has 0 radical (unpaired) electrons. The third-order valence-corrected chi connectivity index (χ3v) is 6.47. The second-order valence-electron chi connectivity index (χ2n) is 6.41. The van der Waals surface area contributed by atoms with Crippen molar-refractivity contribution in [1.82, 2.24) is 5.32 Å². The summed E-state index contributed by atoms with van der Waals surface area (Å²) in [4.78, 5) is 0. The lowest BCUT2D eigenvalue weighted by Crippen LogP contribution is -2.49. The van der Waals surface area contributed by atoms with Gasteiger partial charge in [0.2, 0.25) is 0 Å². The Labute approximate surface area is 113 Å².